The van der Waals surface area contributed by atoms with Gasteiger partial charge in [-0.05, 0) is 30.7 Å². The Morgan fingerprint density at radius 3 is 2.90 bits per heavy atom. The van der Waals surface area contributed by atoms with Gasteiger partial charge in [0.2, 0.25) is 0 Å². The number of thiazole rings is 1. The third-order valence-electron chi connectivity index (χ3n) is 2.58. The summed E-state index contributed by atoms with van der Waals surface area (Å²) in [5, 5.41) is 12.1. The van der Waals surface area contributed by atoms with Crippen molar-refractivity contribution in [2.24, 2.45) is 0 Å². The lowest BCUT2D eigenvalue weighted by molar-refractivity contribution is -0.131. The second kappa shape index (κ2) is 6.51. The minimum atomic E-state index is -1.04. The van der Waals surface area contributed by atoms with Crippen LogP contribution in [-0.4, -0.2) is 22.0 Å². The van der Waals surface area contributed by atoms with Crippen LogP contribution < -0.4 is 5.32 Å². The monoisotopic (exact) mass is 322 g/mol. The molecule has 21 heavy (non-hydrogen) atoms. The van der Waals surface area contributed by atoms with E-state index in [1.54, 1.807) is 18.2 Å². The Morgan fingerprint density at radius 1 is 1.43 bits per heavy atom. The second-order valence-corrected chi connectivity index (χ2v) is 5.65. The van der Waals surface area contributed by atoms with Gasteiger partial charge in [-0.25, -0.2) is 9.78 Å². The van der Waals surface area contributed by atoms with Gasteiger partial charge in [-0.3, -0.25) is 10.1 Å². The zero-order valence-electron chi connectivity index (χ0n) is 11.0. The maximum absolute atomic E-state index is 12.1. The molecular weight excluding hydrogens is 312 g/mol. The minimum absolute atomic E-state index is 0.307. The molecule has 1 heterocycles. The number of amides is 1. The van der Waals surface area contributed by atoms with Gasteiger partial charge in [0.15, 0.2) is 5.13 Å². The van der Waals surface area contributed by atoms with Gasteiger partial charge in [0.25, 0.3) is 5.91 Å². The number of nitrogens with one attached hydrogen (secondary N) is 1. The van der Waals surface area contributed by atoms with Crippen LogP contribution in [0.2, 0.25) is 5.02 Å². The zero-order chi connectivity index (χ0) is 15.4. The number of benzene rings is 1. The number of carboxylic acids is 1. The van der Waals surface area contributed by atoms with Crippen molar-refractivity contribution in [1.82, 2.24) is 4.98 Å². The number of halogens is 1. The number of carboxylic acid groups (broad SMARTS) is 1. The van der Waals surface area contributed by atoms with Crippen LogP contribution in [0.15, 0.2) is 30.5 Å². The molecule has 2 aromatic rings. The number of carbonyl (C=O) groups is 2. The summed E-state index contributed by atoms with van der Waals surface area (Å²) in [7, 11) is 0. The van der Waals surface area contributed by atoms with Crippen molar-refractivity contribution in [3.63, 3.8) is 0 Å². The molecule has 1 aromatic heterocycles. The van der Waals surface area contributed by atoms with E-state index in [0.29, 0.717) is 20.6 Å². The first-order valence-electron chi connectivity index (χ1n) is 5.90. The Bertz CT molecular complexity index is 725. The number of aryl methyl sites for hydroxylation is 1. The first-order valence-corrected chi connectivity index (χ1v) is 7.09. The van der Waals surface area contributed by atoms with Gasteiger partial charge in [-0.15, -0.1) is 0 Å². The molecule has 0 spiro atoms. The van der Waals surface area contributed by atoms with E-state index in [-0.39, 0.29) is 5.91 Å². The lowest BCUT2D eigenvalue weighted by Gasteiger charge is -2.05. The summed E-state index contributed by atoms with van der Waals surface area (Å²) in [6.07, 6.45) is 3.92. The molecule has 1 amide bonds. The molecular formula is C14H11ClN2O3S. The van der Waals surface area contributed by atoms with E-state index >= 15 is 0 Å². The van der Waals surface area contributed by atoms with Crippen molar-refractivity contribution < 1.29 is 14.7 Å². The summed E-state index contributed by atoms with van der Waals surface area (Å²) in [6.45, 7) is 1.81. The Hall–Kier alpha value is -2.18. The third-order valence-corrected chi connectivity index (χ3v) is 3.69. The fourth-order valence-corrected chi connectivity index (χ4v) is 2.46. The van der Waals surface area contributed by atoms with Crippen LogP contribution in [0.5, 0.6) is 0 Å². The molecule has 0 aliphatic heterocycles. The highest BCUT2D eigenvalue weighted by Crippen LogP contribution is 2.21. The van der Waals surface area contributed by atoms with Gasteiger partial charge in [-0.1, -0.05) is 29.0 Å². The predicted octanol–water partition coefficient (Wildman–Crippen LogP) is 3.46. The van der Waals surface area contributed by atoms with E-state index in [1.165, 1.54) is 23.6 Å². The number of rotatable bonds is 4. The fraction of sp³-hybridized carbons (Fsp3) is 0.0714. The normalized spacial score (nSPS) is 10.8. The van der Waals surface area contributed by atoms with Crippen LogP contribution in [0.3, 0.4) is 0 Å². The number of carbonyl (C=O) groups excluding carboxylic acids is 1. The van der Waals surface area contributed by atoms with Crippen LogP contribution in [0.4, 0.5) is 5.13 Å². The topological polar surface area (TPSA) is 79.3 Å². The van der Waals surface area contributed by atoms with Crippen molar-refractivity contribution in [1.29, 1.82) is 0 Å². The molecule has 0 atom stereocenters. The van der Waals surface area contributed by atoms with Crippen molar-refractivity contribution in [2.75, 3.05) is 5.32 Å². The van der Waals surface area contributed by atoms with Gasteiger partial charge in [0.05, 0.1) is 0 Å². The molecule has 2 N–H and O–H groups in total. The maximum Gasteiger partial charge on any atom is 0.328 e. The first kappa shape index (κ1) is 15.2. The van der Waals surface area contributed by atoms with Crippen LogP contribution >= 0.6 is 22.9 Å². The highest BCUT2D eigenvalue weighted by molar-refractivity contribution is 7.16. The van der Waals surface area contributed by atoms with E-state index in [4.69, 9.17) is 16.7 Å². The maximum atomic E-state index is 12.1. The number of hydrogen-bond donors (Lipinski definition) is 2. The molecule has 0 bridgehead atoms. The van der Waals surface area contributed by atoms with Crippen LogP contribution in [0.1, 0.15) is 20.8 Å². The molecule has 0 radical (unpaired) electrons. The van der Waals surface area contributed by atoms with Gasteiger partial charge in [-0.2, -0.15) is 0 Å². The molecule has 2 rings (SSSR count). The van der Waals surface area contributed by atoms with E-state index in [1.807, 2.05) is 6.92 Å². The molecule has 0 fully saturated rings. The Balaban J connectivity index is 2.13. The van der Waals surface area contributed by atoms with E-state index < -0.39 is 5.97 Å². The van der Waals surface area contributed by atoms with Gasteiger partial charge in [0, 0.05) is 27.7 Å². The lowest BCUT2D eigenvalue weighted by atomic mass is 10.1. The summed E-state index contributed by atoms with van der Waals surface area (Å²) >= 11 is 7.06. The lowest BCUT2D eigenvalue weighted by Crippen LogP contribution is -2.13. The molecule has 5 nitrogen and oxygen atoms in total. The molecule has 0 aliphatic carbocycles. The summed E-state index contributed by atoms with van der Waals surface area (Å²) in [4.78, 5) is 27.2. The quantitative estimate of drug-likeness (QED) is 0.845. The summed E-state index contributed by atoms with van der Waals surface area (Å²) < 4.78 is 0. The van der Waals surface area contributed by atoms with Crippen molar-refractivity contribution in [2.45, 2.75) is 6.92 Å². The molecule has 108 valence electrons. The van der Waals surface area contributed by atoms with Crippen molar-refractivity contribution >= 4 is 46.0 Å². The molecule has 0 saturated carbocycles. The SMILES string of the molecule is Cc1ccc(Cl)cc1C(=O)Nc1ncc(/C=C/C(=O)O)s1. The number of hydrogen-bond acceptors (Lipinski definition) is 4. The summed E-state index contributed by atoms with van der Waals surface area (Å²) in [6, 6.07) is 5.07. The van der Waals surface area contributed by atoms with E-state index in [2.05, 4.69) is 10.3 Å². The number of anilines is 1. The van der Waals surface area contributed by atoms with Gasteiger partial charge >= 0.3 is 5.97 Å². The molecule has 0 saturated heterocycles. The minimum Gasteiger partial charge on any atom is -0.478 e. The summed E-state index contributed by atoms with van der Waals surface area (Å²) in [5.41, 5.74) is 1.28. The van der Waals surface area contributed by atoms with Crippen LogP contribution in [-0.2, 0) is 4.79 Å². The van der Waals surface area contributed by atoms with Crippen molar-refractivity contribution in [3.8, 4) is 0 Å². The van der Waals surface area contributed by atoms with Crippen LogP contribution in [0.25, 0.3) is 6.08 Å². The number of nitrogens with zero attached hydrogens (tertiary/aromatic N) is 1. The predicted molar refractivity (Wildman–Crippen MR) is 82.9 cm³/mol. The molecule has 0 aliphatic rings. The van der Waals surface area contributed by atoms with E-state index in [9.17, 15) is 9.59 Å². The van der Waals surface area contributed by atoms with Gasteiger partial charge < -0.3 is 5.11 Å². The van der Waals surface area contributed by atoms with Gasteiger partial charge in [0.1, 0.15) is 0 Å². The smallest absolute Gasteiger partial charge is 0.328 e. The highest BCUT2D eigenvalue weighted by Gasteiger charge is 2.11. The third kappa shape index (κ3) is 4.14. The highest BCUT2D eigenvalue weighted by atomic mass is 35.5. The standard InChI is InChI=1S/C14H11ClN2O3S/c1-8-2-3-9(15)6-11(8)13(20)17-14-16-7-10(21-14)4-5-12(18)19/h2-7H,1H3,(H,18,19)(H,16,17,20)/b5-4+. The van der Waals surface area contributed by atoms with Crippen LogP contribution in [0, 0.1) is 6.92 Å². The molecule has 0 unspecified atom stereocenters. The molecule has 1 aromatic carbocycles. The number of aliphatic carboxylic acids is 1. The Morgan fingerprint density at radius 2 is 2.19 bits per heavy atom. The van der Waals surface area contributed by atoms with Crippen molar-refractivity contribution in [3.05, 3.63) is 51.5 Å². The second-order valence-electron chi connectivity index (χ2n) is 4.15. The Labute approximate surface area is 129 Å². The average Bonchev–Trinajstić information content (AvgIpc) is 2.86. The Kier molecular flexibility index (Phi) is 4.72. The number of aromatic nitrogens is 1. The average molecular weight is 323 g/mol. The molecule has 7 heteroatoms. The van der Waals surface area contributed by atoms with E-state index in [0.717, 1.165) is 11.6 Å². The largest absolute Gasteiger partial charge is 0.478 e. The zero-order valence-corrected chi connectivity index (χ0v) is 12.5. The fourth-order valence-electron chi connectivity index (χ4n) is 1.58. The first-order chi connectivity index (χ1) is 9.95. The summed E-state index contributed by atoms with van der Waals surface area (Å²) in [5.74, 6) is -1.35.